The first-order valence-electron chi connectivity index (χ1n) is 10.1. The number of furan rings is 1. The predicted octanol–water partition coefficient (Wildman–Crippen LogP) is 5.03. The van der Waals surface area contributed by atoms with Crippen LogP contribution in [0.15, 0.2) is 34.7 Å². The van der Waals surface area contributed by atoms with Gasteiger partial charge in [0.1, 0.15) is 18.1 Å². The molecule has 0 radical (unpaired) electrons. The highest BCUT2D eigenvalue weighted by Crippen LogP contribution is 2.49. The quantitative estimate of drug-likeness (QED) is 0.779. The number of amides is 1. The minimum Gasteiger partial charge on any atom is -0.486 e. The molecule has 2 aliphatic carbocycles. The van der Waals surface area contributed by atoms with Crippen LogP contribution in [0.1, 0.15) is 60.0 Å². The molecular weight excluding hydrogens is 338 g/mol. The van der Waals surface area contributed by atoms with Crippen LogP contribution in [0.5, 0.6) is 5.75 Å². The van der Waals surface area contributed by atoms with E-state index >= 15 is 0 Å². The van der Waals surface area contributed by atoms with Crippen LogP contribution in [0.25, 0.3) is 0 Å². The van der Waals surface area contributed by atoms with Crippen LogP contribution in [-0.4, -0.2) is 11.9 Å². The van der Waals surface area contributed by atoms with Crippen LogP contribution in [-0.2, 0) is 6.61 Å². The zero-order valence-electron chi connectivity index (χ0n) is 16.5. The zero-order chi connectivity index (χ0) is 19.0. The normalized spacial score (nSPS) is 24.8. The number of hydrogen-bond acceptors (Lipinski definition) is 3. The molecule has 27 heavy (non-hydrogen) atoms. The Bertz CT molecular complexity index is 825. The van der Waals surface area contributed by atoms with Crippen molar-refractivity contribution < 1.29 is 13.9 Å². The van der Waals surface area contributed by atoms with Gasteiger partial charge in [0.2, 0.25) is 0 Å². The third kappa shape index (κ3) is 3.90. The van der Waals surface area contributed by atoms with Crippen LogP contribution in [0.2, 0.25) is 0 Å². The number of nitrogens with one attached hydrogen (secondary N) is 1. The van der Waals surface area contributed by atoms with Gasteiger partial charge < -0.3 is 14.5 Å². The highest BCUT2D eigenvalue weighted by Gasteiger charge is 2.42. The lowest BCUT2D eigenvalue weighted by Crippen LogP contribution is -2.40. The Kier molecular flexibility index (Phi) is 4.98. The second kappa shape index (κ2) is 7.41. The first kappa shape index (κ1) is 18.1. The van der Waals surface area contributed by atoms with Crippen molar-refractivity contribution in [3.05, 3.63) is 53.0 Å². The van der Waals surface area contributed by atoms with Crippen LogP contribution in [0, 0.1) is 31.6 Å². The molecule has 2 saturated carbocycles. The van der Waals surface area contributed by atoms with Gasteiger partial charge in [-0.1, -0.05) is 12.5 Å². The van der Waals surface area contributed by atoms with E-state index in [1.807, 2.05) is 24.3 Å². The van der Waals surface area contributed by atoms with E-state index in [1.165, 1.54) is 36.8 Å². The Labute approximate surface area is 161 Å². The molecule has 144 valence electrons. The van der Waals surface area contributed by atoms with Crippen LogP contribution in [0.4, 0.5) is 0 Å². The standard InChI is InChI=1S/C23H29NO3/c1-14-4-7-19(10-15(14)2)26-13-20-8-9-22(27-20)23(25)24-16(3)21-12-17-5-6-18(21)11-17/h4,7-10,16-18,21H,5-6,11-13H2,1-3H3,(H,24,25). The van der Waals surface area contributed by atoms with Crippen molar-refractivity contribution in [2.45, 2.75) is 59.1 Å². The highest BCUT2D eigenvalue weighted by molar-refractivity contribution is 5.91. The van der Waals surface area contributed by atoms with Gasteiger partial charge in [0, 0.05) is 6.04 Å². The molecule has 2 aromatic rings. The van der Waals surface area contributed by atoms with Crippen molar-refractivity contribution in [2.24, 2.45) is 17.8 Å². The van der Waals surface area contributed by atoms with Gasteiger partial charge in [-0.15, -0.1) is 0 Å². The Morgan fingerprint density at radius 2 is 2.04 bits per heavy atom. The number of hydrogen-bond donors (Lipinski definition) is 1. The zero-order valence-corrected chi connectivity index (χ0v) is 16.5. The summed E-state index contributed by atoms with van der Waals surface area (Å²) in [7, 11) is 0. The van der Waals surface area contributed by atoms with E-state index in [-0.39, 0.29) is 11.9 Å². The molecule has 0 spiro atoms. The maximum atomic E-state index is 12.5. The number of fused-ring (bicyclic) bond motifs is 2. The summed E-state index contributed by atoms with van der Waals surface area (Å²) in [5, 5.41) is 3.15. The van der Waals surface area contributed by atoms with E-state index < -0.39 is 0 Å². The molecule has 1 heterocycles. The van der Waals surface area contributed by atoms with Gasteiger partial charge in [0.05, 0.1) is 0 Å². The summed E-state index contributed by atoms with van der Waals surface area (Å²) < 4.78 is 11.5. The molecule has 4 heteroatoms. The minimum absolute atomic E-state index is 0.122. The van der Waals surface area contributed by atoms with Gasteiger partial charge in [-0.3, -0.25) is 4.79 Å². The molecule has 2 bridgehead atoms. The SMILES string of the molecule is Cc1ccc(OCc2ccc(C(=O)NC(C)C3CC4CCC3C4)o2)cc1C. The third-order valence-corrected chi connectivity index (χ3v) is 6.54. The maximum absolute atomic E-state index is 12.5. The number of carbonyl (C=O) groups is 1. The summed E-state index contributed by atoms with van der Waals surface area (Å²) in [6.45, 7) is 6.59. The molecule has 1 aromatic carbocycles. The Morgan fingerprint density at radius 3 is 2.74 bits per heavy atom. The van der Waals surface area contributed by atoms with E-state index in [0.717, 1.165) is 17.6 Å². The fourth-order valence-electron chi connectivity index (χ4n) is 4.83. The van der Waals surface area contributed by atoms with Gasteiger partial charge in [-0.05, 0) is 93.2 Å². The van der Waals surface area contributed by atoms with Crippen molar-refractivity contribution in [1.82, 2.24) is 5.32 Å². The number of benzene rings is 1. The van der Waals surface area contributed by atoms with E-state index in [4.69, 9.17) is 9.15 Å². The average molecular weight is 367 g/mol. The average Bonchev–Trinajstić information content (AvgIpc) is 3.39. The molecule has 2 aliphatic rings. The van der Waals surface area contributed by atoms with Crippen molar-refractivity contribution in [2.75, 3.05) is 0 Å². The molecule has 4 unspecified atom stereocenters. The van der Waals surface area contributed by atoms with E-state index in [1.54, 1.807) is 6.07 Å². The first-order chi connectivity index (χ1) is 13.0. The minimum atomic E-state index is -0.122. The van der Waals surface area contributed by atoms with Gasteiger partial charge in [0.25, 0.3) is 5.91 Å². The number of rotatable bonds is 6. The van der Waals surface area contributed by atoms with Crippen LogP contribution >= 0.6 is 0 Å². The molecule has 4 rings (SSSR count). The van der Waals surface area contributed by atoms with Crippen molar-refractivity contribution in [3.8, 4) is 5.75 Å². The summed E-state index contributed by atoms with van der Waals surface area (Å²) >= 11 is 0. The maximum Gasteiger partial charge on any atom is 0.287 e. The summed E-state index contributed by atoms with van der Waals surface area (Å²) in [6.07, 6.45) is 5.32. The Morgan fingerprint density at radius 1 is 1.19 bits per heavy atom. The fourth-order valence-corrected chi connectivity index (χ4v) is 4.83. The topological polar surface area (TPSA) is 51.5 Å². The largest absolute Gasteiger partial charge is 0.486 e. The second-order valence-electron chi connectivity index (χ2n) is 8.40. The first-order valence-corrected chi connectivity index (χ1v) is 10.1. The van der Waals surface area contributed by atoms with E-state index in [0.29, 0.717) is 24.0 Å². The summed E-state index contributed by atoms with van der Waals surface area (Å²) in [5.41, 5.74) is 2.44. The molecule has 0 saturated heterocycles. The molecule has 2 fully saturated rings. The number of carbonyl (C=O) groups excluding carboxylic acids is 1. The molecule has 1 amide bonds. The lowest BCUT2D eigenvalue weighted by atomic mass is 9.84. The molecule has 0 aliphatic heterocycles. The monoisotopic (exact) mass is 367 g/mol. The second-order valence-corrected chi connectivity index (χ2v) is 8.40. The summed E-state index contributed by atoms with van der Waals surface area (Å²) in [6, 6.07) is 9.77. The number of ether oxygens (including phenoxy) is 1. The fraction of sp³-hybridized carbons (Fsp3) is 0.522. The molecule has 1 aromatic heterocycles. The number of aryl methyl sites for hydroxylation is 2. The summed E-state index contributed by atoms with van der Waals surface area (Å²) in [5.74, 6) is 4.01. The van der Waals surface area contributed by atoms with Gasteiger partial charge in [-0.25, -0.2) is 0 Å². The van der Waals surface area contributed by atoms with Crippen LogP contribution < -0.4 is 10.1 Å². The van der Waals surface area contributed by atoms with E-state index in [9.17, 15) is 4.79 Å². The smallest absolute Gasteiger partial charge is 0.287 e. The Balaban J connectivity index is 1.31. The lowest BCUT2D eigenvalue weighted by molar-refractivity contribution is 0.0883. The van der Waals surface area contributed by atoms with Crippen molar-refractivity contribution >= 4 is 5.91 Å². The van der Waals surface area contributed by atoms with Crippen molar-refractivity contribution in [3.63, 3.8) is 0 Å². The predicted molar refractivity (Wildman–Crippen MR) is 105 cm³/mol. The molecular formula is C23H29NO3. The molecule has 1 N–H and O–H groups in total. The van der Waals surface area contributed by atoms with E-state index in [2.05, 4.69) is 26.1 Å². The summed E-state index contributed by atoms with van der Waals surface area (Å²) in [4.78, 5) is 12.5. The lowest BCUT2D eigenvalue weighted by Gasteiger charge is -2.28. The molecule has 4 atom stereocenters. The van der Waals surface area contributed by atoms with Gasteiger partial charge >= 0.3 is 0 Å². The van der Waals surface area contributed by atoms with Gasteiger partial charge in [0.15, 0.2) is 5.76 Å². The van der Waals surface area contributed by atoms with Crippen molar-refractivity contribution in [1.29, 1.82) is 0 Å². The highest BCUT2D eigenvalue weighted by atomic mass is 16.5. The third-order valence-electron chi connectivity index (χ3n) is 6.54. The van der Waals surface area contributed by atoms with Gasteiger partial charge in [-0.2, -0.15) is 0 Å². The molecule has 4 nitrogen and oxygen atoms in total. The van der Waals surface area contributed by atoms with Crippen LogP contribution in [0.3, 0.4) is 0 Å². The Hall–Kier alpha value is -2.23.